The van der Waals surface area contributed by atoms with Crippen molar-refractivity contribution in [2.75, 3.05) is 13.2 Å². The maximum absolute atomic E-state index is 12.3. The molecule has 5 nitrogen and oxygen atoms in total. The lowest BCUT2D eigenvalue weighted by molar-refractivity contribution is -0.161. The van der Waals surface area contributed by atoms with Crippen molar-refractivity contribution < 1.29 is 24.2 Å². The van der Waals surface area contributed by atoms with Crippen LogP contribution in [0.2, 0.25) is 0 Å². The van der Waals surface area contributed by atoms with Crippen molar-refractivity contribution >= 4 is 11.9 Å². The molecule has 0 fully saturated rings. The van der Waals surface area contributed by atoms with E-state index in [-0.39, 0.29) is 25.2 Å². The molecule has 0 aromatic rings. The maximum atomic E-state index is 12.3. The summed E-state index contributed by atoms with van der Waals surface area (Å²) >= 11 is 0. The quantitative estimate of drug-likeness (QED) is 0.0375. The van der Waals surface area contributed by atoms with Crippen LogP contribution in [0.3, 0.4) is 0 Å². The van der Waals surface area contributed by atoms with Gasteiger partial charge in [-0.15, -0.1) is 0 Å². The van der Waals surface area contributed by atoms with Gasteiger partial charge in [0.25, 0.3) is 0 Å². The van der Waals surface area contributed by atoms with E-state index in [4.69, 9.17) is 9.47 Å². The average Bonchev–Trinajstić information content (AvgIpc) is 3.26. The third-order valence-electron chi connectivity index (χ3n) is 11.3. The Labute approximate surface area is 378 Å². The first kappa shape index (κ1) is 58.3. The molecule has 0 aliphatic heterocycles. The van der Waals surface area contributed by atoms with Gasteiger partial charge < -0.3 is 14.6 Å². The molecule has 0 bridgehead atoms. The number of esters is 2. The molecule has 61 heavy (non-hydrogen) atoms. The highest BCUT2D eigenvalue weighted by molar-refractivity contribution is 5.70. The van der Waals surface area contributed by atoms with E-state index in [9.17, 15) is 14.7 Å². The van der Waals surface area contributed by atoms with Gasteiger partial charge in [-0.25, -0.2) is 0 Å². The highest BCUT2D eigenvalue weighted by Crippen LogP contribution is 2.16. The molecule has 0 aliphatic rings. The lowest BCUT2D eigenvalue weighted by atomic mass is 10.0. The molecule has 0 aromatic carbocycles. The van der Waals surface area contributed by atoms with Crippen molar-refractivity contribution in [3.05, 3.63) is 72.9 Å². The van der Waals surface area contributed by atoms with E-state index in [0.717, 1.165) is 77.0 Å². The Balaban J connectivity index is 3.51. The normalized spacial score (nSPS) is 12.8. The van der Waals surface area contributed by atoms with E-state index in [0.29, 0.717) is 12.8 Å². The Morgan fingerprint density at radius 3 is 1.07 bits per heavy atom. The third-order valence-corrected chi connectivity index (χ3v) is 11.3. The van der Waals surface area contributed by atoms with E-state index in [1.807, 2.05) is 0 Å². The summed E-state index contributed by atoms with van der Waals surface area (Å²) in [7, 11) is 0. The molecule has 0 aromatic heterocycles. The number of carbonyl (C=O) groups excluding carboxylic acids is 2. The highest BCUT2D eigenvalue weighted by Gasteiger charge is 2.16. The van der Waals surface area contributed by atoms with Gasteiger partial charge in [0.15, 0.2) is 6.10 Å². The molecular weight excluding hydrogens is 753 g/mol. The lowest BCUT2D eigenvalue weighted by Gasteiger charge is -2.15. The zero-order valence-corrected chi connectivity index (χ0v) is 40.2. The lowest BCUT2D eigenvalue weighted by Crippen LogP contribution is -2.28. The smallest absolute Gasteiger partial charge is 0.306 e. The number of allylic oxidation sites excluding steroid dienone is 12. The molecule has 0 saturated heterocycles. The van der Waals surface area contributed by atoms with Gasteiger partial charge in [-0.2, -0.15) is 0 Å². The molecule has 0 aliphatic carbocycles. The van der Waals surface area contributed by atoms with Crippen LogP contribution in [0.5, 0.6) is 0 Å². The second kappa shape index (κ2) is 51.7. The highest BCUT2D eigenvalue weighted by atomic mass is 16.6. The first-order chi connectivity index (χ1) is 30.1. The minimum absolute atomic E-state index is 0.0652. The molecule has 1 N–H and O–H groups in total. The van der Waals surface area contributed by atoms with Gasteiger partial charge >= 0.3 is 11.9 Å². The van der Waals surface area contributed by atoms with Gasteiger partial charge in [-0.05, 0) is 64.2 Å². The molecule has 5 heteroatoms. The Morgan fingerprint density at radius 2 is 0.705 bits per heavy atom. The van der Waals surface area contributed by atoms with Crippen molar-refractivity contribution in [3.8, 4) is 0 Å². The van der Waals surface area contributed by atoms with Crippen LogP contribution in [0.25, 0.3) is 0 Å². The van der Waals surface area contributed by atoms with Crippen molar-refractivity contribution in [2.24, 2.45) is 0 Å². The predicted octanol–water partition coefficient (Wildman–Crippen LogP) is 17.2. The summed E-state index contributed by atoms with van der Waals surface area (Å²) in [6.07, 6.45) is 70.0. The minimum atomic E-state index is -0.773. The summed E-state index contributed by atoms with van der Waals surface area (Å²) in [6, 6.07) is 0. The monoisotopic (exact) mass is 851 g/mol. The van der Waals surface area contributed by atoms with E-state index in [1.54, 1.807) is 0 Å². The zero-order valence-electron chi connectivity index (χ0n) is 40.2. The van der Waals surface area contributed by atoms with Crippen LogP contribution in [0, 0.1) is 0 Å². The number of aliphatic hydroxyl groups excluding tert-OH is 1. The van der Waals surface area contributed by atoms with Crippen LogP contribution < -0.4 is 0 Å². The van der Waals surface area contributed by atoms with E-state index < -0.39 is 6.10 Å². The zero-order chi connectivity index (χ0) is 44.2. The summed E-state index contributed by atoms with van der Waals surface area (Å²) in [5.41, 5.74) is 0. The van der Waals surface area contributed by atoms with Gasteiger partial charge in [-0.3, -0.25) is 9.59 Å². The first-order valence-corrected chi connectivity index (χ1v) is 26.0. The summed E-state index contributed by atoms with van der Waals surface area (Å²) in [4.78, 5) is 24.4. The second-order valence-corrected chi connectivity index (χ2v) is 17.2. The standard InChI is InChI=1S/C56H98O5/c1-3-5-7-9-11-13-15-17-19-21-22-23-24-25-26-27-28-29-30-31-32-33-34-35-37-39-41-43-45-47-49-51-56(59)61-54(52-57)53-60-55(58)50-48-46-44-42-40-38-36-20-18-16-14-12-10-8-6-4-2/h5,7,11,13,17,19,22-23,25-26,28-29,54,57H,3-4,6,8-10,12,14-16,18,20-21,24,27,30-53H2,1-2H3/b7-5-,13-11-,19-17-,23-22-,26-25-,29-28-. The fourth-order valence-corrected chi connectivity index (χ4v) is 7.38. The van der Waals surface area contributed by atoms with Gasteiger partial charge in [0.2, 0.25) is 0 Å². The SMILES string of the molecule is CC/C=C\C/C=C\C/C=C\C/C=C\C/C=C\C/C=C\CCCCCCCCCCCCCCC(=O)OC(CO)COC(=O)CCCCCCCCCCCCCCCCCC. The number of ether oxygens (including phenoxy) is 2. The number of unbranched alkanes of at least 4 members (excludes halogenated alkanes) is 27. The number of hydrogen-bond acceptors (Lipinski definition) is 5. The van der Waals surface area contributed by atoms with Crippen LogP contribution in [0.4, 0.5) is 0 Å². The third kappa shape index (κ3) is 49.9. The number of aliphatic hydroxyl groups is 1. The number of rotatable bonds is 47. The second-order valence-electron chi connectivity index (χ2n) is 17.2. The number of carbonyl (C=O) groups is 2. The number of hydrogen-bond donors (Lipinski definition) is 1. The molecular formula is C56H98O5. The molecule has 0 amide bonds. The van der Waals surface area contributed by atoms with E-state index in [1.165, 1.54) is 148 Å². The summed E-state index contributed by atoms with van der Waals surface area (Å²) in [5.74, 6) is -0.585. The van der Waals surface area contributed by atoms with Gasteiger partial charge in [0, 0.05) is 12.8 Å². The molecule has 0 saturated carbocycles. The van der Waals surface area contributed by atoms with Crippen molar-refractivity contribution in [3.63, 3.8) is 0 Å². The predicted molar refractivity (Wildman–Crippen MR) is 265 cm³/mol. The average molecular weight is 851 g/mol. The topological polar surface area (TPSA) is 72.8 Å². The van der Waals surface area contributed by atoms with Crippen LogP contribution in [-0.2, 0) is 19.1 Å². The Bertz CT molecular complexity index is 1100. The van der Waals surface area contributed by atoms with Crippen LogP contribution in [0.1, 0.15) is 251 Å². The summed E-state index contributed by atoms with van der Waals surface area (Å²) < 4.78 is 10.7. The van der Waals surface area contributed by atoms with Gasteiger partial charge in [-0.1, -0.05) is 247 Å². The fourth-order valence-electron chi connectivity index (χ4n) is 7.38. The molecule has 0 spiro atoms. The molecule has 0 radical (unpaired) electrons. The summed E-state index contributed by atoms with van der Waals surface area (Å²) in [6.45, 7) is 4.04. The molecule has 1 unspecified atom stereocenters. The van der Waals surface area contributed by atoms with Crippen molar-refractivity contribution in [1.82, 2.24) is 0 Å². The molecule has 352 valence electrons. The first-order valence-electron chi connectivity index (χ1n) is 26.0. The molecule has 1 atom stereocenters. The van der Waals surface area contributed by atoms with E-state index in [2.05, 4.69) is 86.8 Å². The van der Waals surface area contributed by atoms with Gasteiger partial charge in [0.05, 0.1) is 6.61 Å². The molecule has 0 heterocycles. The van der Waals surface area contributed by atoms with Crippen molar-refractivity contribution in [1.29, 1.82) is 0 Å². The largest absolute Gasteiger partial charge is 0.462 e. The Kier molecular flexibility index (Phi) is 49.4. The molecule has 0 rings (SSSR count). The Hall–Kier alpha value is -2.66. The fraction of sp³-hybridized carbons (Fsp3) is 0.750. The van der Waals surface area contributed by atoms with E-state index >= 15 is 0 Å². The van der Waals surface area contributed by atoms with Gasteiger partial charge in [0.1, 0.15) is 6.61 Å². The Morgan fingerprint density at radius 1 is 0.393 bits per heavy atom. The maximum Gasteiger partial charge on any atom is 0.306 e. The summed E-state index contributed by atoms with van der Waals surface area (Å²) in [5, 5.41) is 9.62. The van der Waals surface area contributed by atoms with Crippen molar-refractivity contribution in [2.45, 2.75) is 258 Å². The minimum Gasteiger partial charge on any atom is -0.462 e. The van der Waals surface area contributed by atoms with Crippen LogP contribution in [0.15, 0.2) is 72.9 Å². The van der Waals surface area contributed by atoms with Crippen LogP contribution >= 0.6 is 0 Å². The van der Waals surface area contributed by atoms with Crippen LogP contribution in [-0.4, -0.2) is 36.4 Å².